The van der Waals surface area contributed by atoms with Crippen molar-refractivity contribution in [2.24, 2.45) is 0 Å². The quantitative estimate of drug-likeness (QED) is 0.831. The predicted molar refractivity (Wildman–Crippen MR) is 90.0 cm³/mol. The number of nitrogens with one attached hydrogen (secondary N) is 1. The number of hydrogen-bond acceptors (Lipinski definition) is 4. The molecule has 1 N–H and O–H groups in total. The van der Waals surface area contributed by atoms with E-state index in [1.807, 2.05) is 0 Å². The molecule has 128 valence electrons. The van der Waals surface area contributed by atoms with E-state index in [0.717, 1.165) is 32.0 Å². The monoisotopic (exact) mass is 400 g/mol. The van der Waals surface area contributed by atoms with Gasteiger partial charge in [-0.05, 0) is 37.1 Å². The zero-order valence-electron chi connectivity index (χ0n) is 12.7. The van der Waals surface area contributed by atoms with Crippen LogP contribution in [0.25, 0.3) is 0 Å². The van der Waals surface area contributed by atoms with E-state index in [-0.39, 0.29) is 10.5 Å². The smallest absolute Gasteiger partial charge is 0.382 e. The van der Waals surface area contributed by atoms with Gasteiger partial charge < -0.3 is 10.2 Å². The predicted octanol–water partition coefficient (Wildman–Crippen LogP) is 4.34. The maximum atomic E-state index is 13.0. The van der Waals surface area contributed by atoms with E-state index < -0.39 is 11.7 Å². The number of nitrogens with zero attached hydrogens (tertiary/aromatic N) is 3. The molecule has 8 heteroatoms. The first-order valence-electron chi connectivity index (χ1n) is 7.59. The molecule has 4 nitrogen and oxygen atoms in total. The van der Waals surface area contributed by atoms with Crippen molar-refractivity contribution in [3.05, 3.63) is 46.7 Å². The van der Waals surface area contributed by atoms with E-state index >= 15 is 0 Å². The summed E-state index contributed by atoms with van der Waals surface area (Å²) < 4.78 is 39.0. The van der Waals surface area contributed by atoms with Gasteiger partial charge in [0.2, 0.25) is 5.95 Å². The Balaban J connectivity index is 1.62. The maximum absolute atomic E-state index is 13.0. The summed E-state index contributed by atoms with van der Waals surface area (Å²) in [5.74, 6) is 0.693. The highest BCUT2D eigenvalue weighted by Gasteiger charge is 2.33. The zero-order valence-corrected chi connectivity index (χ0v) is 14.3. The van der Waals surface area contributed by atoms with Crippen molar-refractivity contribution in [1.29, 1.82) is 0 Å². The van der Waals surface area contributed by atoms with Crippen LogP contribution in [0, 0.1) is 0 Å². The van der Waals surface area contributed by atoms with Gasteiger partial charge in [0, 0.05) is 41.7 Å². The van der Waals surface area contributed by atoms with Gasteiger partial charge in [0.1, 0.15) is 0 Å². The van der Waals surface area contributed by atoms with E-state index in [9.17, 15) is 13.2 Å². The van der Waals surface area contributed by atoms with Gasteiger partial charge in [-0.25, -0.2) is 9.97 Å². The number of hydrogen-bond donors (Lipinski definition) is 1. The second kappa shape index (κ2) is 6.96. The lowest BCUT2D eigenvalue weighted by Gasteiger charge is -2.32. The number of aromatic nitrogens is 2. The first-order chi connectivity index (χ1) is 11.4. The van der Waals surface area contributed by atoms with E-state index in [4.69, 9.17) is 0 Å². The molecule has 1 fully saturated rings. The molecule has 0 bridgehead atoms. The van der Waals surface area contributed by atoms with Crippen molar-refractivity contribution in [2.75, 3.05) is 23.3 Å². The molecular weight excluding hydrogens is 385 g/mol. The first kappa shape index (κ1) is 17.0. The third-order valence-corrected chi connectivity index (χ3v) is 4.66. The Bertz CT molecular complexity index is 685. The average molecular weight is 401 g/mol. The average Bonchev–Trinajstić information content (AvgIpc) is 2.57. The number of piperidine rings is 1. The molecule has 2 heterocycles. The molecular formula is C16H16BrF3N4. The van der Waals surface area contributed by atoms with Crippen molar-refractivity contribution < 1.29 is 13.2 Å². The van der Waals surface area contributed by atoms with Crippen LogP contribution in [0.4, 0.5) is 24.8 Å². The standard InChI is InChI=1S/C16H16BrF3N4/c17-14-3-2-12(10-13(14)16(18,19)20)23-11-4-8-24(9-5-11)15-21-6-1-7-22-15/h1-3,6-7,10-11,23H,4-5,8-9H2. The summed E-state index contributed by atoms with van der Waals surface area (Å²) in [5, 5.41) is 3.20. The summed E-state index contributed by atoms with van der Waals surface area (Å²) in [6.45, 7) is 1.54. The van der Waals surface area contributed by atoms with Gasteiger partial charge in [-0.3, -0.25) is 0 Å². The Morgan fingerprint density at radius 3 is 2.42 bits per heavy atom. The van der Waals surface area contributed by atoms with Gasteiger partial charge >= 0.3 is 6.18 Å². The van der Waals surface area contributed by atoms with Crippen LogP contribution in [0.15, 0.2) is 41.1 Å². The highest BCUT2D eigenvalue weighted by molar-refractivity contribution is 9.10. The minimum atomic E-state index is -4.37. The topological polar surface area (TPSA) is 41.0 Å². The van der Waals surface area contributed by atoms with Gasteiger partial charge in [-0.1, -0.05) is 15.9 Å². The van der Waals surface area contributed by atoms with Crippen LogP contribution in [0.1, 0.15) is 18.4 Å². The Morgan fingerprint density at radius 2 is 1.79 bits per heavy atom. The molecule has 0 unspecified atom stereocenters. The van der Waals surface area contributed by atoms with Gasteiger partial charge in [-0.15, -0.1) is 0 Å². The second-order valence-electron chi connectivity index (χ2n) is 5.65. The van der Waals surface area contributed by atoms with Crippen molar-refractivity contribution in [1.82, 2.24) is 9.97 Å². The lowest BCUT2D eigenvalue weighted by atomic mass is 10.0. The molecule has 1 aliphatic heterocycles. The van der Waals surface area contributed by atoms with Crippen LogP contribution >= 0.6 is 15.9 Å². The fraction of sp³-hybridized carbons (Fsp3) is 0.375. The van der Waals surface area contributed by atoms with Crippen molar-refractivity contribution in [2.45, 2.75) is 25.1 Å². The fourth-order valence-corrected chi connectivity index (χ4v) is 3.22. The summed E-state index contributed by atoms with van der Waals surface area (Å²) in [6, 6.07) is 6.14. The molecule has 2 aromatic rings. The normalized spacial score (nSPS) is 16.2. The number of alkyl halides is 3. The summed E-state index contributed by atoms with van der Waals surface area (Å²) in [7, 11) is 0. The third kappa shape index (κ3) is 3.98. The molecule has 1 aliphatic rings. The first-order valence-corrected chi connectivity index (χ1v) is 8.38. The third-order valence-electron chi connectivity index (χ3n) is 3.97. The van der Waals surface area contributed by atoms with Gasteiger partial charge in [0.05, 0.1) is 5.56 Å². The zero-order chi connectivity index (χ0) is 17.2. The summed E-state index contributed by atoms with van der Waals surface area (Å²) in [6.07, 6.45) is 0.663. The van der Waals surface area contributed by atoms with Crippen LogP contribution in [-0.2, 0) is 6.18 Å². The van der Waals surface area contributed by atoms with Crippen LogP contribution in [0.5, 0.6) is 0 Å². The van der Waals surface area contributed by atoms with E-state index in [2.05, 4.69) is 36.1 Å². The Morgan fingerprint density at radius 1 is 1.12 bits per heavy atom. The minimum absolute atomic E-state index is 0.0524. The molecule has 1 aromatic heterocycles. The van der Waals surface area contributed by atoms with Crippen LogP contribution < -0.4 is 10.2 Å². The number of anilines is 2. The Kier molecular flexibility index (Phi) is 4.93. The molecule has 3 rings (SSSR count). The SMILES string of the molecule is FC(F)(F)c1cc(NC2CCN(c3ncccn3)CC2)ccc1Br. The maximum Gasteiger partial charge on any atom is 0.417 e. The van der Waals surface area contributed by atoms with E-state index in [1.54, 1.807) is 24.5 Å². The summed E-state index contributed by atoms with van der Waals surface area (Å²) in [4.78, 5) is 10.5. The molecule has 0 spiro atoms. The van der Waals surface area contributed by atoms with Crippen LogP contribution in [0.2, 0.25) is 0 Å². The molecule has 0 atom stereocenters. The fourth-order valence-electron chi connectivity index (χ4n) is 2.75. The van der Waals surface area contributed by atoms with Crippen molar-refractivity contribution in [3.63, 3.8) is 0 Å². The highest BCUT2D eigenvalue weighted by Crippen LogP contribution is 2.36. The Hall–Kier alpha value is -1.83. The van der Waals surface area contributed by atoms with Gasteiger partial charge in [-0.2, -0.15) is 13.2 Å². The molecule has 0 amide bonds. The number of rotatable bonds is 3. The largest absolute Gasteiger partial charge is 0.417 e. The molecule has 0 radical (unpaired) electrons. The Labute approximate surface area is 146 Å². The molecule has 0 aliphatic carbocycles. The molecule has 1 aromatic carbocycles. The summed E-state index contributed by atoms with van der Waals surface area (Å²) in [5.41, 5.74) is -0.178. The van der Waals surface area contributed by atoms with Gasteiger partial charge in [0.15, 0.2) is 0 Å². The van der Waals surface area contributed by atoms with Crippen molar-refractivity contribution >= 4 is 27.6 Å². The second-order valence-corrected chi connectivity index (χ2v) is 6.50. The van der Waals surface area contributed by atoms with E-state index in [0.29, 0.717) is 11.6 Å². The molecule has 1 saturated heterocycles. The van der Waals surface area contributed by atoms with Crippen molar-refractivity contribution in [3.8, 4) is 0 Å². The highest BCUT2D eigenvalue weighted by atomic mass is 79.9. The van der Waals surface area contributed by atoms with Crippen LogP contribution in [-0.4, -0.2) is 29.1 Å². The molecule has 24 heavy (non-hydrogen) atoms. The van der Waals surface area contributed by atoms with Gasteiger partial charge in [0.25, 0.3) is 0 Å². The minimum Gasteiger partial charge on any atom is -0.382 e. The lowest BCUT2D eigenvalue weighted by Crippen LogP contribution is -2.39. The number of benzene rings is 1. The molecule has 0 saturated carbocycles. The lowest BCUT2D eigenvalue weighted by molar-refractivity contribution is -0.138. The summed E-state index contributed by atoms with van der Waals surface area (Å²) >= 11 is 2.96. The van der Waals surface area contributed by atoms with E-state index in [1.165, 1.54) is 6.07 Å². The van der Waals surface area contributed by atoms with Crippen LogP contribution in [0.3, 0.4) is 0 Å². The number of halogens is 4.